The Labute approximate surface area is 98.1 Å². The van der Waals surface area contributed by atoms with Crippen molar-refractivity contribution in [2.75, 3.05) is 19.8 Å². The predicted octanol–water partition coefficient (Wildman–Crippen LogP) is 2.20. The first kappa shape index (κ1) is 11.9. The van der Waals surface area contributed by atoms with Gasteiger partial charge in [0.2, 0.25) is 5.91 Å². The maximum absolute atomic E-state index is 12.2. The zero-order chi connectivity index (χ0) is 11.4. The molecule has 0 N–H and O–H groups in total. The Kier molecular flexibility index (Phi) is 4.22. The Morgan fingerprint density at radius 3 is 2.69 bits per heavy atom. The van der Waals surface area contributed by atoms with E-state index in [-0.39, 0.29) is 0 Å². The SMILES string of the molecule is CC1CCCCN1C(=O)CC1CCOCC1. The number of hydrogen-bond acceptors (Lipinski definition) is 2. The largest absolute Gasteiger partial charge is 0.381 e. The molecule has 0 spiro atoms. The fraction of sp³-hybridized carbons (Fsp3) is 0.923. The number of likely N-dealkylation sites (tertiary alicyclic amines) is 1. The zero-order valence-corrected chi connectivity index (χ0v) is 10.3. The number of hydrogen-bond donors (Lipinski definition) is 0. The summed E-state index contributed by atoms with van der Waals surface area (Å²) < 4.78 is 5.32. The average molecular weight is 225 g/mol. The standard InChI is InChI=1S/C13H23NO2/c1-11-4-2-3-7-14(11)13(15)10-12-5-8-16-9-6-12/h11-12H,2-10H2,1H3. The molecule has 0 aromatic carbocycles. The van der Waals surface area contributed by atoms with Crippen LogP contribution in [0.3, 0.4) is 0 Å². The average Bonchev–Trinajstić information content (AvgIpc) is 2.31. The molecule has 0 radical (unpaired) electrons. The third-order valence-corrected chi connectivity index (χ3v) is 3.93. The lowest BCUT2D eigenvalue weighted by Crippen LogP contribution is -2.42. The van der Waals surface area contributed by atoms with Crippen molar-refractivity contribution in [3.8, 4) is 0 Å². The van der Waals surface area contributed by atoms with Crippen LogP contribution in [0.25, 0.3) is 0 Å². The number of carbonyl (C=O) groups excluding carboxylic acids is 1. The first-order chi connectivity index (χ1) is 7.77. The lowest BCUT2D eigenvalue weighted by Gasteiger charge is -2.35. The Morgan fingerprint density at radius 1 is 1.25 bits per heavy atom. The van der Waals surface area contributed by atoms with Crippen molar-refractivity contribution in [1.29, 1.82) is 0 Å². The molecule has 2 aliphatic heterocycles. The molecule has 16 heavy (non-hydrogen) atoms. The summed E-state index contributed by atoms with van der Waals surface area (Å²) in [6.45, 7) is 4.84. The van der Waals surface area contributed by atoms with Crippen LogP contribution in [-0.4, -0.2) is 36.6 Å². The molecule has 2 fully saturated rings. The van der Waals surface area contributed by atoms with Gasteiger partial charge in [-0.3, -0.25) is 4.79 Å². The molecule has 0 aromatic rings. The van der Waals surface area contributed by atoms with E-state index < -0.39 is 0 Å². The summed E-state index contributed by atoms with van der Waals surface area (Å²) in [5.74, 6) is 0.939. The molecule has 0 bridgehead atoms. The highest BCUT2D eigenvalue weighted by Crippen LogP contribution is 2.23. The molecule has 2 heterocycles. The highest BCUT2D eigenvalue weighted by molar-refractivity contribution is 5.76. The van der Waals surface area contributed by atoms with Crippen LogP contribution in [0.4, 0.5) is 0 Å². The van der Waals surface area contributed by atoms with Crippen LogP contribution in [0.5, 0.6) is 0 Å². The summed E-state index contributed by atoms with van der Waals surface area (Å²) >= 11 is 0. The highest BCUT2D eigenvalue weighted by Gasteiger charge is 2.26. The summed E-state index contributed by atoms with van der Waals surface area (Å²) in [5.41, 5.74) is 0. The van der Waals surface area contributed by atoms with Gasteiger partial charge >= 0.3 is 0 Å². The second kappa shape index (κ2) is 5.67. The van der Waals surface area contributed by atoms with Gasteiger partial charge < -0.3 is 9.64 Å². The molecule has 0 aliphatic carbocycles. The molecule has 1 unspecified atom stereocenters. The smallest absolute Gasteiger partial charge is 0.223 e. The van der Waals surface area contributed by atoms with E-state index in [1.165, 1.54) is 19.3 Å². The molecule has 92 valence electrons. The van der Waals surface area contributed by atoms with Crippen molar-refractivity contribution in [3.63, 3.8) is 0 Å². The van der Waals surface area contributed by atoms with E-state index in [4.69, 9.17) is 4.74 Å². The summed E-state index contributed by atoms with van der Waals surface area (Å²) in [6, 6.07) is 0.459. The molecular formula is C13H23NO2. The topological polar surface area (TPSA) is 29.5 Å². The zero-order valence-electron chi connectivity index (χ0n) is 10.3. The number of piperidine rings is 1. The van der Waals surface area contributed by atoms with E-state index in [1.54, 1.807) is 0 Å². The van der Waals surface area contributed by atoms with Crippen molar-refractivity contribution in [3.05, 3.63) is 0 Å². The molecule has 0 saturated carbocycles. The minimum Gasteiger partial charge on any atom is -0.381 e. The summed E-state index contributed by atoms with van der Waals surface area (Å²) in [5, 5.41) is 0. The lowest BCUT2D eigenvalue weighted by atomic mass is 9.94. The quantitative estimate of drug-likeness (QED) is 0.721. The van der Waals surface area contributed by atoms with E-state index in [0.717, 1.165) is 39.0 Å². The van der Waals surface area contributed by atoms with Gasteiger partial charge in [0.1, 0.15) is 0 Å². The summed E-state index contributed by atoms with van der Waals surface area (Å²) in [7, 11) is 0. The molecule has 2 rings (SSSR count). The van der Waals surface area contributed by atoms with Crippen LogP contribution >= 0.6 is 0 Å². The van der Waals surface area contributed by atoms with Gasteiger partial charge in [0.15, 0.2) is 0 Å². The fourth-order valence-corrected chi connectivity index (χ4v) is 2.78. The van der Waals surface area contributed by atoms with Crippen LogP contribution in [0.2, 0.25) is 0 Å². The minimum atomic E-state index is 0.374. The second-order valence-electron chi connectivity index (χ2n) is 5.19. The maximum Gasteiger partial charge on any atom is 0.223 e. The summed E-state index contributed by atoms with van der Waals surface area (Å²) in [4.78, 5) is 14.3. The maximum atomic E-state index is 12.2. The van der Waals surface area contributed by atoms with Gasteiger partial charge in [-0.05, 0) is 44.9 Å². The number of nitrogens with zero attached hydrogens (tertiary/aromatic N) is 1. The molecule has 1 amide bonds. The van der Waals surface area contributed by atoms with Crippen LogP contribution < -0.4 is 0 Å². The Bertz CT molecular complexity index is 236. The van der Waals surface area contributed by atoms with Crippen LogP contribution in [0.1, 0.15) is 45.4 Å². The fourth-order valence-electron chi connectivity index (χ4n) is 2.78. The van der Waals surface area contributed by atoms with Gasteiger partial charge in [0.05, 0.1) is 0 Å². The molecule has 0 aromatic heterocycles. The summed E-state index contributed by atoms with van der Waals surface area (Å²) in [6.07, 6.45) is 6.52. The molecular weight excluding hydrogens is 202 g/mol. The minimum absolute atomic E-state index is 0.374. The number of carbonyl (C=O) groups is 1. The van der Waals surface area contributed by atoms with Gasteiger partial charge in [-0.1, -0.05) is 0 Å². The Hall–Kier alpha value is -0.570. The number of amides is 1. The first-order valence-corrected chi connectivity index (χ1v) is 6.64. The van der Waals surface area contributed by atoms with E-state index >= 15 is 0 Å². The Balaban J connectivity index is 1.81. The van der Waals surface area contributed by atoms with Crippen molar-refractivity contribution < 1.29 is 9.53 Å². The molecule has 2 saturated heterocycles. The second-order valence-corrected chi connectivity index (χ2v) is 5.19. The monoisotopic (exact) mass is 225 g/mol. The van der Waals surface area contributed by atoms with Gasteiger partial charge in [-0.2, -0.15) is 0 Å². The normalized spacial score (nSPS) is 28.1. The molecule has 3 nitrogen and oxygen atoms in total. The molecule has 3 heteroatoms. The Morgan fingerprint density at radius 2 is 2.00 bits per heavy atom. The molecule has 1 atom stereocenters. The van der Waals surface area contributed by atoms with Gasteiger partial charge in [-0.15, -0.1) is 0 Å². The van der Waals surface area contributed by atoms with Crippen molar-refractivity contribution >= 4 is 5.91 Å². The first-order valence-electron chi connectivity index (χ1n) is 6.64. The van der Waals surface area contributed by atoms with E-state index in [2.05, 4.69) is 11.8 Å². The van der Waals surface area contributed by atoms with Crippen molar-refractivity contribution in [2.24, 2.45) is 5.92 Å². The van der Waals surface area contributed by atoms with Crippen LogP contribution in [0.15, 0.2) is 0 Å². The number of rotatable bonds is 2. The number of ether oxygens (including phenoxy) is 1. The van der Waals surface area contributed by atoms with Gasteiger partial charge in [0, 0.05) is 32.2 Å². The predicted molar refractivity (Wildman–Crippen MR) is 63.2 cm³/mol. The van der Waals surface area contributed by atoms with Crippen molar-refractivity contribution in [1.82, 2.24) is 4.90 Å². The van der Waals surface area contributed by atoms with Crippen molar-refractivity contribution in [2.45, 2.75) is 51.5 Å². The van der Waals surface area contributed by atoms with E-state index in [0.29, 0.717) is 17.9 Å². The van der Waals surface area contributed by atoms with Gasteiger partial charge in [0.25, 0.3) is 0 Å². The molecule has 2 aliphatic rings. The lowest BCUT2D eigenvalue weighted by molar-refractivity contribution is -0.136. The highest BCUT2D eigenvalue weighted by atomic mass is 16.5. The third-order valence-electron chi connectivity index (χ3n) is 3.93. The third kappa shape index (κ3) is 2.97. The van der Waals surface area contributed by atoms with E-state index in [9.17, 15) is 4.79 Å². The van der Waals surface area contributed by atoms with E-state index in [1.807, 2.05) is 0 Å². The van der Waals surface area contributed by atoms with Crippen LogP contribution in [-0.2, 0) is 9.53 Å². The van der Waals surface area contributed by atoms with Gasteiger partial charge in [-0.25, -0.2) is 0 Å². The van der Waals surface area contributed by atoms with Crippen LogP contribution in [0, 0.1) is 5.92 Å².